The van der Waals surface area contributed by atoms with Gasteiger partial charge in [0.15, 0.2) is 0 Å². The molecule has 2 atom stereocenters. The zero-order valence-corrected chi connectivity index (χ0v) is 6.70. The highest BCUT2D eigenvalue weighted by Gasteiger charge is 2.17. The van der Waals surface area contributed by atoms with Gasteiger partial charge in [-0.25, -0.2) is 0 Å². The maximum Gasteiger partial charge on any atom is -0.0168 e. The van der Waals surface area contributed by atoms with E-state index in [1.807, 2.05) is 0 Å². The average Bonchev–Trinajstić information content (AvgIpc) is 1.98. The van der Waals surface area contributed by atoms with Gasteiger partial charge in [-0.3, -0.25) is 0 Å². The predicted octanol–water partition coefficient (Wildman–Crippen LogP) is 2.79. The van der Waals surface area contributed by atoms with E-state index in [0.717, 1.165) is 5.66 Å². The van der Waals surface area contributed by atoms with Crippen molar-refractivity contribution in [1.82, 2.24) is 0 Å². The molecular weight excluding hydrogens is 115 g/mol. The van der Waals surface area contributed by atoms with Crippen LogP contribution in [0.4, 0.5) is 0 Å². The van der Waals surface area contributed by atoms with Crippen molar-refractivity contribution in [2.24, 2.45) is 0 Å². The molecular formula is C7H13P. The standard InChI is InChI=1S/C7H13P/c1-6-4-5-7(2)8(6)3/h4,7H,5H2,1-3H3. The van der Waals surface area contributed by atoms with Crippen LogP contribution in [0.1, 0.15) is 20.3 Å². The molecule has 0 spiro atoms. The van der Waals surface area contributed by atoms with Gasteiger partial charge in [0.05, 0.1) is 0 Å². The Kier molecular flexibility index (Phi) is 1.72. The molecule has 0 nitrogen and oxygen atoms in total. The molecule has 8 heavy (non-hydrogen) atoms. The third kappa shape index (κ3) is 0.951. The van der Waals surface area contributed by atoms with Crippen molar-refractivity contribution in [3.8, 4) is 0 Å². The summed E-state index contributed by atoms with van der Waals surface area (Å²) in [5, 5.41) is 1.65. The van der Waals surface area contributed by atoms with E-state index in [4.69, 9.17) is 0 Å². The fourth-order valence-electron chi connectivity index (χ4n) is 0.991. The molecule has 0 saturated carbocycles. The lowest BCUT2D eigenvalue weighted by Crippen LogP contribution is -1.89. The smallest absolute Gasteiger partial charge is 0.0168 e. The fraction of sp³-hybridized carbons (Fsp3) is 0.714. The highest BCUT2D eigenvalue weighted by Crippen LogP contribution is 2.51. The Morgan fingerprint density at radius 1 is 1.75 bits per heavy atom. The van der Waals surface area contributed by atoms with Crippen molar-refractivity contribution in [2.75, 3.05) is 6.66 Å². The van der Waals surface area contributed by atoms with E-state index in [2.05, 4.69) is 26.6 Å². The van der Waals surface area contributed by atoms with E-state index in [0.29, 0.717) is 0 Å². The van der Waals surface area contributed by atoms with Gasteiger partial charge in [0.25, 0.3) is 0 Å². The quantitative estimate of drug-likeness (QED) is 0.440. The molecule has 0 bridgehead atoms. The minimum Gasteiger partial charge on any atom is -0.0805 e. The highest BCUT2D eigenvalue weighted by atomic mass is 31.1. The molecule has 0 aromatic heterocycles. The molecule has 0 aromatic carbocycles. The summed E-state index contributed by atoms with van der Waals surface area (Å²) in [5.41, 5.74) is 0.963. The summed E-state index contributed by atoms with van der Waals surface area (Å²) in [6, 6.07) is 0. The number of hydrogen-bond acceptors (Lipinski definition) is 0. The van der Waals surface area contributed by atoms with Crippen LogP contribution < -0.4 is 0 Å². The molecule has 1 aliphatic rings. The van der Waals surface area contributed by atoms with Crippen molar-refractivity contribution in [1.29, 1.82) is 0 Å². The van der Waals surface area contributed by atoms with Crippen LogP contribution in [0.3, 0.4) is 0 Å². The van der Waals surface area contributed by atoms with Crippen molar-refractivity contribution in [2.45, 2.75) is 25.9 Å². The predicted molar refractivity (Wildman–Crippen MR) is 40.7 cm³/mol. The molecule has 0 saturated heterocycles. The van der Waals surface area contributed by atoms with E-state index < -0.39 is 0 Å². The third-order valence-electron chi connectivity index (χ3n) is 1.97. The molecule has 1 rings (SSSR count). The summed E-state index contributed by atoms with van der Waals surface area (Å²) in [7, 11) is 0.274. The second-order valence-corrected chi connectivity index (χ2v) is 5.35. The van der Waals surface area contributed by atoms with Gasteiger partial charge in [0.1, 0.15) is 0 Å². The first-order valence-corrected chi connectivity index (χ1v) is 4.97. The van der Waals surface area contributed by atoms with Gasteiger partial charge in [-0.2, -0.15) is 0 Å². The highest BCUT2D eigenvalue weighted by molar-refractivity contribution is 7.62. The van der Waals surface area contributed by atoms with Gasteiger partial charge in [-0.05, 0) is 25.7 Å². The molecule has 0 amide bonds. The van der Waals surface area contributed by atoms with E-state index in [1.54, 1.807) is 5.31 Å². The van der Waals surface area contributed by atoms with Crippen molar-refractivity contribution < 1.29 is 0 Å². The van der Waals surface area contributed by atoms with Crippen LogP contribution >= 0.6 is 7.92 Å². The van der Waals surface area contributed by atoms with Crippen LogP contribution in [-0.4, -0.2) is 12.3 Å². The van der Waals surface area contributed by atoms with E-state index in [-0.39, 0.29) is 7.92 Å². The Balaban J connectivity index is 2.59. The molecule has 0 radical (unpaired) electrons. The largest absolute Gasteiger partial charge is 0.0805 e. The minimum atomic E-state index is 0.274. The van der Waals surface area contributed by atoms with Crippen LogP contribution in [0, 0.1) is 0 Å². The van der Waals surface area contributed by atoms with E-state index in [1.165, 1.54) is 6.42 Å². The van der Waals surface area contributed by atoms with Crippen molar-refractivity contribution in [3.63, 3.8) is 0 Å². The van der Waals surface area contributed by atoms with Crippen LogP contribution in [0.2, 0.25) is 0 Å². The van der Waals surface area contributed by atoms with Gasteiger partial charge in [-0.1, -0.05) is 26.2 Å². The molecule has 1 heterocycles. The number of hydrogen-bond donors (Lipinski definition) is 0. The van der Waals surface area contributed by atoms with Crippen molar-refractivity contribution >= 4 is 7.92 Å². The Hall–Kier alpha value is 0.170. The van der Waals surface area contributed by atoms with E-state index >= 15 is 0 Å². The molecule has 0 aliphatic carbocycles. The summed E-state index contributed by atoms with van der Waals surface area (Å²) in [6.07, 6.45) is 3.71. The SMILES string of the molecule is CC1=CCC(C)P1C. The lowest BCUT2D eigenvalue weighted by atomic mass is 10.3. The maximum atomic E-state index is 2.39. The molecule has 1 aliphatic heterocycles. The van der Waals surface area contributed by atoms with Crippen LogP contribution in [0.25, 0.3) is 0 Å². The molecule has 0 fully saturated rings. The zero-order valence-electron chi connectivity index (χ0n) is 5.81. The second kappa shape index (κ2) is 2.19. The monoisotopic (exact) mass is 128 g/mol. The molecule has 46 valence electrons. The van der Waals surface area contributed by atoms with Crippen LogP contribution in [0.5, 0.6) is 0 Å². The van der Waals surface area contributed by atoms with Gasteiger partial charge in [0, 0.05) is 0 Å². The summed E-state index contributed by atoms with van der Waals surface area (Å²) in [5.74, 6) is 0. The minimum absolute atomic E-state index is 0.274. The molecule has 2 unspecified atom stereocenters. The Labute approximate surface area is 52.7 Å². The fourth-order valence-corrected chi connectivity index (χ4v) is 2.50. The van der Waals surface area contributed by atoms with E-state index in [9.17, 15) is 0 Å². The maximum absolute atomic E-state index is 2.39. The Morgan fingerprint density at radius 3 is 2.50 bits per heavy atom. The first-order valence-electron chi connectivity index (χ1n) is 3.11. The van der Waals surface area contributed by atoms with Crippen molar-refractivity contribution in [3.05, 3.63) is 11.4 Å². The first kappa shape index (κ1) is 6.29. The van der Waals surface area contributed by atoms with Gasteiger partial charge >= 0.3 is 0 Å². The lowest BCUT2D eigenvalue weighted by Gasteiger charge is -2.10. The number of rotatable bonds is 0. The van der Waals surface area contributed by atoms with Gasteiger partial charge < -0.3 is 0 Å². The Bertz CT molecular complexity index is 116. The summed E-state index contributed by atoms with van der Waals surface area (Å²) in [4.78, 5) is 0. The summed E-state index contributed by atoms with van der Waals surface area (Å²) < 4.78 is 0. The number of allylic oxidation sites excluding steroid dienone is 2. The second-order valence-electron chi connectivity index (χ2n) is 2.54. The first-order chi connectivity index (χ1) is 3.72. The van der Waals surface area contributed by atoms with Crippen LogP contribution in [-0.2, 0) is 0 Å². The normalized spacial score (nSPS) is 37.6. The summed E-state index contributed by atoms with van der Waals surface area (Å²) >= 11 is 0. The molecule has 1 heteroatoms. The van der Waals surface area contributed by atoms with Gasteiger partial charge in [-0.15, -0.1) is 0 Å². The molecule has 0 aromatic rings. The lowest BCUT2D eigenvalue weighted by molar-refractivity contribution is 0.989. The summed E-state index contributed by atoms with van der Waals surface area (Å²) in [6.45, 7) is 6.98. The average molecular weight is 128 g/mol. The van der Waals surface area contributed by atoms with Crippen LogP contribution in [0.15, 0.2) is 11.4 Å². The third-order valence-corrected chi connectivity index (χ3v) is 4.80. The zero-order chi connectivity index (χ0) is 6.15. The van der Waals surface area contributed by atoms with Gasteiger partial charge in [0.2, 0.25) is 0 Å². The topological polar surface area (TPSA) is 0 Å². The molecule has 0 N–H and O–H groups in total. The Morgan fingerprint density at radius 2 is 2.38 bits per heavy atom.